The SMILES string of the molecule is COCc1nc2cc(C(F)(F)F)ccc2n1C1CCN(C(=O)c2cccc(N3CCCC3=O)c2)CC1. The van der Waals surface area contributed by atoms with Crippen LogP contribution >= 0.6 is 0 Å². The minimum atomic E-state index is -4.44. The van der Waals surface area contributed by atoms with Crippen LogP contribution in [0.2, 0.25) is 0 Å². The smallest absolute Gasteiger partial charge is 0.377 e. The monoisotopic (exact) mass is 500 g/mol. The van der Waals surface area contributed by atoms with Crippen LogP contribution in [0.5, 0.6) is 0 Å². The van der Waals surface area contributed by atoms with Gasteiger partial charge in [0.2, 0.25) is 5.91 Å². The summed E-state index contributed by atoms with van der Waals surface area (Å²) >= 11 is 0. The van der Waals surface area contributed by atoms with E-state index in [0.717, 1.165) is 24.2 Å². The van der Waals surface area contributed by atoms with E-state index in [1.807, 2.05) is 10.6 Å². The van der Waals surface area contributed by atoms with Gasteiger partial charge in [0, 0.05) is 50.5 Å². The number of anilines is 1. The number of hydrogen-bond donors (Lipinski definition) is 0. The number of piperidine rings is 1. The first-order valence-electron chi connectivity index (χ1n) is 12.0. The second-order valence-corrected chi connectivity index (χ2v) is 9.25. The molecule has 2 fully saturated rings. The number of methoxy groups -OCH3 is 1. The van der Waals surface area contributed by atoms with Crippen molar-refractivity contribution in [3.05, 3.63) is 59.4 Å². The van der Waals surface area contributed by atoms with Crippen LogP contribution in [0.1, 0.15) is 53.5 Å². The summed E-state index contributed by atoms with van der Waals surface area (Å²) in [4.78, 5) is 33.3. The molecule has 3 heterocycles. The number of hydrogen-bond acceptors (Lipinski definition) is 4. The predicted molar refractivity (Wildman–Crippen MR) is 128 cm³/mol. The lowest BCUT2D eigenvalue weighted by atomic mass is 10.0. The number of alkyl halides is 3. The van der Waals surface area contributed by atoms with Crippen LogP contribution in [0, 0.1) is 0 Å². The molecule has 2 aliphatic rings. The Labute approximate surface area is 206 Å². The third-order valence-corrected chi connectivity index (χ3v) is 6.96. The van der Waals surface area contributed by atoms with E-state index in [1.165, 1.54) is 13.2 Å². The molecule has 10 heteroatoms. The zero-order valence-corrected chi connectivity index (χ0v) is 19.9. The molecule has 0 bridgehead atoms. The van der Waals surface area contributed by atoms with Crippen LogP contribution in [0.25, 0.3) is 11.0 Å². The van der Waals surface area contributed by atoms with Crippen LogP contribution in [0.15, 0.2) is 42.5 Å². The van der Waals surface area contributed by atoms with Gasteiger partial charge in [0.25, 0.3) is 5.91 Å². The van der Waals surface area contributed by atoms with E-state index in [4.69, 9.17) is 4.74 Å². The van der Waals surface area contributed by atoms with Crippen LogP contribution in [0.4, 0.5) is 18.9 Å². The third-order valence-electron chi connectivity index (χ3n) is 6.96. The van der Waals surface area contributed by atoms with Crippen LogP contribution < -0.4 is 4.90 Å². The molecule has 0 aliphatic carbocycles. The number of likely N-dealkylation sites (tertiary alicyclic amines) is 1. The topological polar surface area (TPSA) is 67.7 Å². The number of amides is 2. The minimum absolute atomic E-state index is 0.0190. The molecule has 5 rings (SSSR count). The van der Waals surface area contributed by atoms with Crippen LogP contribution in [-0.2, 0) is 22.3 Å². The van der Waals surface area contributed by atoms with E-state index in [-0.39, 0.29) is 30.0 Å². The Morgan fingerprint density at radius 1 is 1.11 bits per heavy atom. The molecule has 2 saturated heterocycles. The van der Waals surface area contributed by atoms with E-state index in [2.05, 4.69) is 4.98 Å². The molecule has 2 amide bonds. The Bertz CT molecular complexity index is 1300. The number of halogens is 3. The van der Waals surface area contributed by atoms with Gasteiger partial charge in [0.1, 0.15) is 12.4 Å². The van der Waals surface area contributed by atoms with Gasteiger partial charge in [-0.05, 0) is 55.7 Å². The zero-order valence-electron chi connectivity index (χ0n) is 19.9. The number of carbonyl (C=O) groups excluding carboxylic acids is 2. The molecule has 2 aliphatic heterocycles. The number of ether oxygens (including phenoxy) is 1. The molecule has 0 radical (unpaired) electrons. The van der Waals surface area contributed by atoms with Gasteiger partial charge < -0.3 is 19.1 Å². The maximum absolute atomic E-state index is 13.2. The van der Waals surface area contributed by atoms with Gasteiger partial charge in [0.15, 0.2) is 0 Å². The zero-order chi connectivity index (χ0) is 25.4. The Morgan fingerprint density at radius 3 is 2.56 bits per heavy atom. The molecule has 36 heavy (non-hydrogen) atoms. The molecule has 0 unspecified atom stereocenters. The second-order valence-electron chi connectivity index (χ2n) is 9.25. The number of aromatic nitrogens is 2. The van der Waals surface area contributed by atoms with Crippen molar-refractivity contribution < 1.29 is 27.5 Å². The van der Waals surface area contributed by atoms with Crippen molar-refractivity contribution in [1.82, 2.24) is 14.5 Å². The molecular formula is C26H27F3N4O3. The Hall–Kier alpha value is -3.40. The van der Waals surface area contributed by atoms with Gasteiger partial charge in [0.05, 0.1) is 16.6 Å². The summed E-state index contributed by atoms with van der Waals surface area (Å²) in [7, 11) is 1.52. The highest BCUT2D eigenvalue weighted by atomic mass is 19.4. The molecule has 0 spiro atoms. The summed E-state index contributed by atoms with van der Waals surface area (Å²) < 4.78 is 46.8. The first-order chi connectivity index (χ1) is 17.3. The van der Waals surface area contributed by atoms with Crippen molar-refractivity contribution in [1.29, 1.82) is 0 Å². The number of benzene rings is 2. The fraction of sp³-hybridized carbons (Fsp3) is 0.423. The number of rotatable bonds is 5. The van der Waals surface area contributed by atoms with Crippen molar-refractivity contribution in [3.63, 3.8) is 0 Å². The molecule has 190 valence electrons. The largest absolute Gasteiger partial charge is 0.416 e. The quantitative estimate of drug-likeness (QED) is 0.505. The number of nitrogens with zero attached hydrogens (tertiary/aromatic N) is 4. The summed E-state index contributed by atoms with van der Waals surface area (Å²) in [6.45, 7) is 1.85. The first kappa shape index (κ1) is 24.3. The molecule has 7 nitrogen and oxygen atoms in total. The molecule has 1 aromatic heterocycles. The van der Waals surface area contributed by atoms with Gasteiger partial charge >= 0.3 is 6.18 Å². The predicted octanol–water partition coefficient (Wildman–Crippen LogP) is 4.81. The van der Waals surface area contributed by atoms with Gasteiger partial charge in [-0.1, -0.05) is 6.07 Å². The third kappa shape index (κ3) is 4.57. The van der Waals surface area contributed by atoms with E-state index < -0.39 is 11.7 Å². The van der Waals surface area contributed by atoms with Crippen LogP contribution in [-0.4, -0.2) is 53.0 Å². The van der Waals surface area contributed by atoms with Crippen molar-refractivity contribution in [3.8, 4) is 0 Å². The van der Waals surface area contributed by atoms with Gasteiger partial charge in [-0.15, -0.1) is 0 Å². The fourth-order valence-corrected chi connectivity index (χ4v) is 5.20. The minimum Gasteiger partial charge on any atom is -0.377 e. The van der Waals surface area contributed by atoms with Crippen molar-refractivity contribution in [2.45, 2.75) is 44.5 Å². The normalized spacial score (nSPS) is 17.4. The lowest BCUT2D eigenvalue weighted by molar-refractivity contribution is -0.137. The second kappa shape index (κ2) is 9.57. The lowest BCUT2D eigenvalue weighted by Gasteiger charge is -2.34. The summed E-state index contributed by atoms with van der Waals surface area (Å²) in [5, 5.41) is 0. The molecule has 3 aromatic rings. The van der Waals surface area contributed by atoms with Gasteiger partial charge in [-0.25, -0.2) is 4.98 Å². The number of carbonyl (C=O) groups is 2. The molecule has 2 aromatic carbocycles. The van der Waals surface area contributed by atoms with E-state index in [1.54, 1.807) is 28.0 Å². The highest BCUT2D eigenvalue weighted by Gasteiger charge is 2.32. The summed E-state index contributed by atoms with van der Waals surface area (Å²) in [5.41, 5.74) is 1.46. The highest BCUT2D eigenvalue weighted by Crippen LogP contribution is 2.34. The summed E-state index contributed by atoms with van der Waals surface area (Å²) in [5.74, 6) is 0.547. The summed E-state index contributed by atoms with van der Waals surface area (Å²) in [6.07, 6.45) is -1.82. The van der Waals surface area contributed by atoms with Crippen LogP contribution in [0.3, 0.4) is 0 Å². The maximum atomic E-state index is 13.2. The Kier molecular flexibility index (Phi) is 6.46. The number of imidazole rings is 1. The van der Waals surface area contributed by atoms with Crippen molar-refractivity contribution in [2.75, 3.05) is 31.6 Å². The van der Waals surface area contributed by atoms with E-state index >= 15 is 0 Å². The van der Waals surface area contributed by atoms with Gasteiger partial charge in [-0.3, -0.25) is 9.59 Å². The fourth-order valence-electron chi connectivity index (χ4n) is 5.20. The number of fused-ring (bicyclic) bond motifs is 1. The molecule has 0 saturated carbocycles. The van der Waals surface area contributed by atoms with Crippen molar-refractivity contribution in [2.24, 2.45) is 0 Å². The average Bonchev–Trinajstić information content (AvgIpc) is 3.46. The molecule has 0 atom stereocenters. The van der Waals surface area contributed by atoms with Crippen molar-refractivity contribution >= 4 is 28.5 Å². The molecular weight excluding hydrogens is 473 g/mol. The summed E-state index contributed by atoms with van der Waals surface area (Å²) in [6, 6.07) is 10.8. The Morgan fingerprint density at radius 2 is 1.89 bits per heavy atom. The lowest BCUT2D eigenvalue weighted by Crippen LogP contribution is -2.39. The molecule has 0 N–H and O–H groups in total. The average molecular weight is 501 g/mol. The Balaban J connectivity index is 1.34. The van der Waals surface area contributed by atoms with Gasteiger partial charge in [-0.2, -0.15) is 13.2 Å². The van der Waals surface area contributed by atoms with E-state index in [0.29, 0.717) is 55.8 Å². The maximum Gasteiger partial charge on any atom is 0.416 e. The first-order valence-corrected chi connectivity index (χ1v) is 12.0. The highest BCUT2D eigenvalue weighted by molar-refractivity contribution is 5.99. The van der Waals surface area contributed by atoms with E-state index in [9.17, 15) is 22.8 Å². The standard InChI is InChI=1S/C26H27F3N4O3/c1-36-16-23-30-21-15-18(26(27,28)29)7-8-22(21)33(23)19-9-12-31(13-10-19)25(35)17-4-2-5-20(14-17)32-11-3-6-24(32)34/h2,4-5,7-8,14-15,19H,3,6,9-13,16H2,1H3.